The maximum absolute atomic E-state index is 5.35. The van der Waals surface area contributed by atoms with Gasteiger partial charge in [0, 0.05) is 55.9 Å². The number of pyridine rings is 1. The lowest BCUT2D eigenvalue weighted by molar-refractivity contribution is 0.639. The van der Waals surface area contributed by atoms with Gasteiger partial charge in [-0.15, -0.1) is 0 Å². The molecule has 0 bridgehead atoms. The van der Waals surface area contributed by atoms with E-state index in [1.807, 2.05) is 6.20 Å². The van der Waals surface area contributed by atoms with Crippen LogP contribution in [-0.4, -0.2) is 31.2 Å². The fourth-order valence-corrected chi connectivity index (χ4v) is 10.7. The van der Waals surface area contributed by atoms with E-state index in [0.29, 0.717) is 24.1 Å². The number of para-hydroxylation sites is 4. The topological polar surface area (TPSA) is 63.0 Å². The van der Waals surface area contributed by atoms with Gasteiger partial charge < -0.3 is 9.80 Å². The van der Waals surface area contributed by atoms with Crippen LogP contribution in [0.5, 0.6) is 0 Å². The molecule has 1 aliphatic rings. The molecule has 3 aromatic heterocycles. The Morgan fingerprint density at radius 1 is 0.405 bits per heavy atom. The molecule has 7 nitrogen and oxygen atoms in total. The molecule has 0 saturated carbocycles. The van der Waals surface area contributed by atoms with Crippen LogP contribution in [0.15, 0.2) is 243 Å². The molecule has 1 aliphatic heterocycles. The molecule has 0 aliphatic carbocycles. The Morgan fingerprint density at radius 3 is 1.64 bits per heavy atom. The standard InChI is InChI=1S/C67H51N7/c1-45-33-35-48(36-34-45)64-69-65(71-66(70-64)50-37-38-57-56-27-13-14-30-58(56)74(61(57)42-50)62-43-52(39-40-68-62)67(2,3)51-24-11-6-12-25-51)49-23-17-26-53(41-49)72-44-73(60-32-16-15-31-59(60)72)63-54(46-19-7-4-8-20-46)28-18-29-55(63)47-21-9-5-10-22-47/h4-43H,44H2,1-3H3. The highest BCUT2D eigenvalue weighted by Crippen LogP contribution is 2.50. The molecule has 0 unspecified atom stereocenters. The molecule has 12 aromatic rings. The molecule has 9 aromatic carbocycles. The molecule has 13 rings (SSSR count). The molecule has 7 heteroatoms. The van der Waals surface area contributed by atoms with E-state index in [1.165, 1.54) is 38.9 Å². The Labute approximate surface area is 431 Å². The second-order valence-electron chi connectivity index (χ2n) is 19.6. The van der Waals surface area contributed by atoms with Crippen molar-refractivity contribution in [2.24, 2.45) is 0 Å². The number of anilines is 4. The molecule has 0 amide bonds. The molecule has 0 radical (unpaired) electrons. The van der Waals surface area contributed by atoms with E-state index in [1.54, 1.807) is 0 Å². The molecule has 0 fully saturated rings. The van der Waals surface area contributed by atoms with Crippen molar-refractivity contribution in [3.05, 3.63) is 259 Å². The zero-order chi connectivity index (χ0) is 49.8. The van der Waals surface area contributed by atoms with Gasteiger partial charge in [-0.2, -0.15) is 0 Å². The van der Waals surface area contributed by atoms with E-state index < -0.39 is 0 Å². The number of hydrogen-bond acceptors (Lipinski definition) is 6. The highest BCUT2D eigenvalue weighted by atomic mass is 15.4. The number of rotatable bonds is 10. The summed E-state index contributed by atoms with van der Waals surface area (Å²) in [5.74, 6) is 2.64. The fraction of sp³-hybridized carbons (Fsp3) is 0.0746. The van der Waals surface area contributed by atoms with Gasteiger partial charge in [-0.05, 0) is 77.7 Å². The average molecular weight is 954 g/mol. The molecule has 0 atom stereocenters. The summed E-state index contributed by atoms with van der Waals surface area (Å²) in [5.41, 5.74) is 17.3. The van der Waals surface area contributed by atoms with Gasteiger partial charge in [-0.1, -0.05) is 207 Å². The van der Waals surface area contributed by atoms with E-state index >= 15 is 0 Å². The van der Waals surface area contributed by atoms with Crippen LogP contribution >= 0.6 is 0 Å². The number of benzene rings is 9. The number of aryl methyl sites for hydroxylation is 1. The summed E-state index contributed by atoms with van der Waals surface area (Å²) in [6, 6.07) is 84.0. The molecule has 74 heavy (non-hydrogen) atoms. The van der Waals surface area contributed by atoms with Gasteiger partial charge >= 0.3 is 0 Å². The monoisotopic (exact) mass is 953 g/mol. The highest BCUT2D eigenvalue weighted by molar-refractivity contribution is 6.10. The Balaban J connectivity index is 0.931. The summed E-state index contributed by atoms with van der Waals surface area (Å²) in [4.78, 5) is 25.7. The van der Waals surface area contributed by atoms with Crippen LogP contribution in [0.1, 0.15) is 30.5 Å². The molecule has 354 valence electrons. The van der Waals surface area contributed by atoms with Gasteiger partial charge in [0.1, 0.15) is 12.5 Å². The van der Waals surface area contributed by atoms with E-state index in [9.17, 15) is 0 Å². The van der Waals surface area contributed by atoms with E-state index in [2.05, 4.69) is 272 Å². The summed E-state index contributed by atoms with van der Waals surface area (Å²) in [5, 5.41) is 2.28. The van der Waals surface area contributed by atoms with Crippen molar-refractivity contribution in [3.63, 3.8) is 0 Å². The zero-order valence-electron chi connectivity index (χ0n) is 41.4. The largest absolute Gasteiger partial charge is 0.321 e. The van der Waals surface area contributed by atoms with Crippen molar-refractivity contribution >= 4 is 44.6 Å². The SMILES string of the molecule is Cc1ccc(-c2nc(-c3cccc(N4CN(c5c(-c6ccccc6)cccc5-c5ccccc5)c5ccccc54)c3)nc(-c3ccc4c5ccccc5n(-c5cc(C(C)(C)c6ccccc6)ccn5)c4c3)n2)cc1. The normalized spacial score (nSPS) is 12.4. The van der Waals surface area contributed by atoms with Gasteiger partial charge in [0.15, 0.2) is 17.5 Å². The predicted molar refractivity (Wildman–Crippen MR) is 304 cm³/mol. The minimum atomic E-state index is -0.245. The summed E-state index contributed by atoms with van der Waals surface area (Å²) < 4.78 is 2.28. The molecule has 0 saturated heterocycles. The molecular weight excluding hydrogens is 903 g/mol. The Hall–Kier alpha value is -9.46. The smallest absolute Gasteiger partial charge is 0.164 e. The number of hydrogen-bond donors (Lipinski definition) is 0. The van der Waals surface area contributed by atoms with Gasteiger partial charge in [0.2, 0.25) is 0 Å². The van der Waals surface area contributed by atoms with Crippen molar-refractivity contribution < 1.29 is 0 Å². The Bertz CT molecular complexity index is 3980. The quantitative estimate of drug-likeness (QED) is 0.136. The third-order valence-electron chi connectivity index (χ3n) is 14.7. The summed E-state index contributed by atoms with van der Waals surface area (Å²) >= 11 is 0. The van der Waals surface area contributed by atoms with E-state index in [4.69, 9.17) is 19.9 Å². The lowest BCUT2D eigenvalue weighted by Crippen LogP contribution is -2.25. The lowest BCUT2D eigenvalue weighted by atomic mass is 9.78. The minimum Gasteiger partial charge on any atom is -0.321 e. The third-order valence-corrected chi connectivity index (χ3v) is 14.7. The van der Waals surface area contributed by atoms with Crippen LogP contribution in [0.3, 0.4) is 0 Å². The lowest BCUT2D eigenvalue weighted by Gasteiger charge is -2.27. The van der Waals surface area contributed by atoms with Gasteiger partial charge in [0.05, 0.1) is 28.1 Å². The second-order valence-corrected chi connectivity index (χ2v) is 19.6. The number of fused-ring (bicyclic) bond motifs is 4. The zero-order valence-corrected chi connectivity index (χ0v) is 41.4. The van der Waals surface area contributed by atoms with Crippen LogP contribution in [0.4, 0.5) is 22.7 Å². The first kappa shape index (κ1) is 44.5. The second kappa shape index (κ2) is 18.3. The average Bonchev–Trinajstić information content (AvgIpc) is 4.02. The van der Waals surface area contributed by atoms with Crippen molar-refractivity contribution in [2.75, 3.05) is 16.5 Å². The number of aromatic nitrogens is 5. The maximum atomic E-state index is 5.35. The maximum Gasteiger partial charge on any atom is 0.164 e. The molecule has 4 heterocycles. The van der Waals surface area contributed by atoms with Gasteiger partial charge in [-0.3, -0.25) is 4.57 Å². The first-order valence-corrected chi connectivity index (χ1v) is 25.2. The summed E-state index contributed by atoms with van der Waals surface area (Å²) in [6.45, 7) is 7.25. The van der Waals surface area contributed by atoms with Crippen molar-refractivity contribution in [1.82, 2.24) is 24.5 Å². The van der Waals surface area contributed by atoms with Gasteiger partial charge in [-0.25, -0.2) is 19.9 Å². The van der Waals surface area contributed by atoms with Crippen LogP contribution in [0, 0.1) is 6.92 Å². The Kier molecular flexibility index (Phi) is 11.0. The first-order chi connectivity index (χ1) is 36.4. The fourth-order valence-electron chi connectivity index (χ4n) is 10.7. The van der Waals surface area contributed by atoms with Crippen molar-refractivity contribution in [1.29, 1.82) is 0 Å². The van der Waals surface area contributed by atoms with Crippen molar-refractivity contribution in [3.8, 4) is 62.2 Å². The molecule has 0 N–H and O–H groups in total. The first-order valence-electron chi connectivity index (χ1n) is 25.2. The third kappa shape index (κ3) is 7.86. The predicted octanol–water partition coefficient (Wildman–Crippen LogP) is 16.6. The highest BCUT2D eigenvalue weighted by Gasteiger charge is 2.32. The van der Waals surface area contributed by atoms with E-state index in [0.717, 1.165) is 67.1 Å². The van der Waals surface area contributed by atoms with Crippen LogP contribution in [0.2, 0.25) is 0 Å². The van der Waals surface area contributed by atoms with Crippen molar-refractivity contribution in [2.45, 2.75) is 26.2 Å². The van der Waals surface area contributed by atoms with Crippen LogP contribution in [0.25, 0.3) is 84.0 Å². The Morgan fingerprint density at radius 2 is 0.946 bits per heavy atom. The molecular formula is C67H51N7. The molecule has 0 spiro atoms. The van der Waals surface area contributed by atoms with E-state index in [-0.39, 0.29) is 5.41 Å². The summed E-state index contributed by atoms with van der Waals surface area (Å²) in [6.07, 6.45) is 1.93. The minimum absolute atomic E-state index is 0.245. The summed E-state index contributed by atoms with van der Waals surface area (Å²) in [7, 11) is 0. The van der Waals surface area contributed by atoms with Crippen LogP contribution in [-0.2, 0) is 5.41 Å². The number of nitrogens with zero attached hydrogens (tertiary/aromatic N) is 7. The van der Waals surface area contributed by atoms with Crippen LogP contribution < -0.4 is 9.80 Å². The van der Waals surface area contributed by atoms with Gasteiger partial charge in [0.25, 0.3) is 0 Å².